The van der Waals surface area contributed by atoms with Crippen LogP contribution >= 0.6 is 0 Å². The molecule has 4 heteroatoms. The van der Waals surface area contributed by atoms with Gasteiger partial charge in [-0.05, 0) is 49.6 Å². The van der Waals surface area contributed by atoms with E-state index in [1.165, 1.54) is 0 Å². The molecule has 1 atom stereocenters. The highest BCUT2D eigenvalue weighted by molar-refractivity contribution is 5.94. The number of likely N-dealkylation sites (tertiary alicyclic amines) is 1. The SMILES string of the molecule is O=C(c1ccccc1)N1CCCC[C@H]1c1cccnc1Nc1ccccc1. The molecular formula is C23H23N3O. The molecule has 4 nitrogen and oxygen atoms in total. The number of amides is 1. The maximum absolute atomic E-state index is 13.1. The lowest BCUT2D eigenvalue weighted by molar-refractivity contribution is 0.0612. The number of hydrogen-bond acceptors (Lipinski definition) is 3. The summed E-state index contributed by atoms with van der Waals surface area (Å²) in [5.74, 6) is 0.913. The van der Waals surface area contributed by atoms with E-state index in [9.17, 15) is 4.79 Å². The molecule has 0 unspecified atom stereocenters. The molecule has 0 saturated carbocycles. The average molecular weight is 357 g/mol. The second-order valence-electron chi connectivity index (χ2n) is 6.81. The first-order chi connectivity index (χ1) is 13.3. The van der Waals surface area contributed by atoms with Crippen molar-refractivity contribution in [1.29, 1.82) is 0 Å². The van der Waals surface area contributed by atoms with E-state index in [4.69, 9.17) is 0 Å². The number of nitrogens with zero attached hydrogens (tertiary/aromatic N) is 2. The topological polar surface area (TPSA) is 45.2 Å². The van der Waals surface area contributed by atoms with Crippen LogP contribution in [0.3, 0.4) is 0 Å². The summed E-state index contributed by atoms with van der Waals surface area (Å²) in [6.45, 7) is 0.776. The summed E-state index contributed by atoms with van der Waals surface area (Å²) >= 11 is 0. The van der Waals surface area contributed by atoms with E-state index in [1.807, 2.05) is 71.6 Å². The first-order valence-electron chi connectivity index (χ1n) is 9.46. The molecule has 27 heavy (non-hydrogen) atoms. The van der Waals surface area contributed by atoms with Crippen LogP contribution in [0.5, 0.6) is 0 Å². The van der Waals surface area contributed by atoms with Gasteiger partial charge < -0.3 is 10.2 Å². The van der Waals surface area contributed by atoms with Crippen LogP contribution in [0.2, 0.25) is 0 Å². The Hall–Kier alpha value is -3.14. The molecule has 0 radical (unpaired) electrons. The number of carbonyl (C=O) groups is 1. The van der Waals surface area contributed by atoms with Gasteiger partial charge in [-0.3, -0.25) is 4.79 Å². The predicted octanol–water partition coefficient (Wildman–Crippen LogP) is 5.19. The summed E-state index contributed by atoms with van der Waals surface area (Å²) in [6.07, 6.45) is 4.90. The van der Waals surface area contributed by atoms with Crippen LogP contribution in [0.1, 0.15) is 41.2 Å². The Kier molecular flexibility index (Phi) is 5.15. The third-order valence-electron chi connectivity index (χ3n) is 5.02. The molecule has 136 valence electrons. The van der Waals surface area contributed by atoms with Crippen molar-refractivity contribution in [2.45, 2.75) is 25.3 Å². The molecule has 3 aromatic rings. The van der Waals surface area contributed by atoms with Gasteiger partial charge >= 0.3 is 0 Å². The van der Waals surface area contributed by atoms with Gasteiger partial charge in [0.2, 0.25) is 0 Å². The van der Waals surface area contributed by atoms with E-state index in [-0.39, 0.29) is 11.9 Å². The molecule has 1 aliphatic heterocycles. The number of anilines is 2. The number of benzene rings is 2. The number of hydrogen-bond donors (Lipinski definition) is 1. The lowest BCUT2D eigenvalue weighted by Crippen LogP contribution is -2.38. The maximum atomic E-state index is 13.1. The van der Waals surface area contributed by atoms with Crippen LogP contribution in [0, 0.1) is 0 Å². The fourth-order valence-corrected chi connectivity index (χ4v) is 3.69. The van der Waals surface area contributed by atoms with Crippen molar-refractivity contribution in [3.8, 4) is 0 Å². The highest BCUT2D eigenvalue weighted by atomic mass is 16.2. The molecule has 1 saturated heterocycles. The Morgan fingerprint density at radius 1 is 0.926 bits per heavy atom. The summed E-state index contributed by atoms with van der Waals surface area (Å²) in [5, 5.41) is 3.42. The van der Waals surface area contributed by atoms with Crippen LogP contribution in [-0.4, -0.2) is 22.3 Å². The quantitative estimate of drug-likeness (QED) is 0.699. The molecule has 0 bridgehead atoms. The zero-order valence-corrected chi connectivity index (χ0v) is 15.2. The third-order valence-corrected chi connectivity index (χ3v) is 5.02. The minimum atomic E-state index is 0.0337. The molecular weight excluding hydrogens is 334 g/mol. The number of pyridine rings is 1. The Labute approximate surface area is 159 Å². The number of piperidine rings is 1. The molecule has 1 aromatic heterocycles. The second kappa shape index (κ2) is 8.04. The smallest absolute Gasteiger partial charge is 0.254 e. The summed E-state index contributed by atoms with van der Waals surface area (Å²) in [6, 6.07) is 23.6. The Balaban J connectivity index is 1.65. The van der Waals surface area contributed by atoms with Gasteiger partial charge in [-0.2, -0.15) is 0 Å². The molecule has 1 fully saturated rings. The minimum absolute atomic E-state index is 0.0337. The van der Waals surface area contributed by atoms with E-state index >= 15 is 0 Å². The number of rotatable bonds is 4. The van der Waals surface area contributed by atoms with Gasteiger partial charge in [0.05, 0.1) is 6.04 Å². The monoisotopic (exact) mass is 357 g/mol. The molecule has 0 spiro atoms. The van der Waals surface area contributed by atoms with Gasteiger partial charge in [0.1, 0.15) is 5.82 Å². The van der Waals surface area contributed by atoms with Gasteiger partial charge in [-0.25, -0.2) is 4.98 Å². The van der Waals surface area contributed by atoms with Crippen molar-refractivity contribution in [2.24, 2.45) is 0 Å². The van der Waals surface area contributed by atoms with Crippen LogP contribution in [0.25, 0.3) is 0 Å². The van der Waals surface area contributed by atoms with Crippen molar-refractivity contribution in [3.63, 3.8) is 0 Å². The van der Waals surface area contributed by atoms with Crippen LogP contribution in [0.15, 0.2) is 79.0 Å². The third kappa shape index (κ3) is 3.85. The van der Waals surface area contributed by atoms with Gasteiger partial charge in [0.25, 0.3) is 5.91 Å². The molecule has 4 rings (SSSR count). The van der Waals surface area contributed by atoms with Gasteiger partial charge in [-0.15, -0.1) is 0 Å². The number of para-hydroxylation sites is 1. The largest absolute Gasteiger partial charge is 0.340 e. The summed E-state index contributed by atoms with van der Waals surface area (Å²) < 4.78 is 0. The molecule has 1 N–H and O–H groups in total. The predicted molar refractivity (Wildman–Crippen MR) is 108 cm³/mol. The molecule has 2 heterocycles. The fraction of sp³-hybridized carbons (Fsp3) is 0.217. The maximum Gasteiger partial charge on any atom is 0.254 e. The van der Waals surface area contributed by atoms with Crippen LogP contribution in [-0.2, 0) is 0 Å². The second-order valence-corrected chi connectivity index (χ2v) is 6.81. The number of aromatic nitrogens is 1. The van der Waals surface area contributed by atoms with E-state index in [2.05, 4.69) is 16.4 Å². The van der Waals surface area contributed by atoms with Gasteiger partial charge in [0.15, 0.2) is 0 Å². The molecule has 1 aliphatic rings. The fourth-order valence-electron chi connectivity index (χ4n) is 3.69. The zero-order valence-electron chi connectivity index (χ0n) is 15.2. The lowest BCUT2D eigenvalue weighted by Gasteiger charge is -2.36. The highest BCUT2D eigenvalue weighted by Crippen LogP contribution is 2.36. The van der Waals surface area contributed by atoms with Crippen molar-refractivity contribution >= 4 is 17.4 Å². The van der Waals surface area contributed by atoms with Crippen molar-refractivity contribution in [2.75, 3.05) is 11.9 Å². The van der Waals surface area contributed by atoms with Gasteiger partial charge in [-0.1, -0.05) is 42.5 Å². The number of carbonyl (C=O) groups excluding carboxylic acids is 1. The Morgan fingerprint density at radius 3 is 2.44 bits per heavy atom. The van der Waals surface area contributed by atoms with Crippen LogP contribution in [0.4, 0.5) is 11.5 Å². The van der Waals surface area contributed by atoms with E-state index in [1.54, 1.807) is 6.20 Å². The Bertz CT molecular complexity index is 896. The van der Waals surface area contributed by atoms with Crippen LogP contribution < -0.4 is 5.32 Å². The number of nitrogens with one attached hydrogen (secondary N) is 1. The summed E-state index contributed by atoms with van der Waals surface area (Å²) in [7, 11) is 0. The highest BCUT2D eigenvalue weighted by Gasteiger charge is 2.30. The van der Waals surface area contributed by atoms with Crippen molar-refractivity contribution in [1.82, 2.24) is 9.88 Å². The average Bonchev–Trinajstić information content (AvgIpc) is 2.75. The first-order valence-corrected chi connectivity index (χ1v) is 9.46. The Morgan fingerprint density at radius 2 is 1.67 bits per heavy atom. The minimum Gasteiger partial charge on any atom is -0.340 e. The first kappa shape index (κ1) is 17.3. The molecule has 0 aliphatic carbocycles. The van der Waals surface area contributed by atoms with E-state index in [0.29, 0.717) is 0 Å². The van der Waals surface area contributed by atoms with Crippen molar-refractivity contribution < 1.29 is 4.79 Å². The standard InChI is InChI=1S/C23H23N3O/c27-23(18-10-3-1-4-11-18)26-17-8-7-15-21(26)20-14-9-16-24-22(20)25-19-12-5-2-6-13-19/h1-6,9-14,16,21H,7-8,15,17H2,(H,24,25)/t21-/m0/s1. The van der Waals surface area contributed by atoms with Gasteiger partial charge in [0, 0.05) is 29.6 Å². The lowest BCUT2D eigenvalue weighted by atomic mass is 9.94. The summed E-state index contributed by atoms with van der Waals surface area (Å²) in [5.41, 5.74) is 2.81. The van der Waals surface area contributed by atoms with E-state index < -0.39 is 0 Å². The molecule has 2 aromatic carbocycles. The normalized spacial score (nSPS) is 16.7. The van der Waals surface area contributed by atoms with Crippen molar-refractivity contribution in [3.05, 3.63) is 90.1 Å². The molecule has 1 amide bonds. The summed E-state index contributed by atoms with van der Waals surface area (Å²) in [4.78, 5) is 19.7. The zero-order chi connectivity index (χ0) is 18.5. The van der Waals surface area contributed by atoms with E-state index in [0.717, 1.165) is 48.4 Å².